The molecule has 2 aromatic rings. The van der Waals surface area contributed by atoms with Crippen LogP contribution in [-0.4, -0.2) is 25.2 Å². The molecule has 0 radical (unpaired) electrons. The Hall–Kier alpha value is -1.85. The topological polar surface area (TPSA) is 71.4 Å². The highest BCUT2D eigenvalue weighted by atomic mass is 15.4. The van der Waals surface area contributed by atoms with Crippen molar-refractivity contribution in [1.82, 2.24) is 25.2 Å². The first kappa shape index (κ1) is 9.70. The van der Waals surface area contributed by atoms with E-state index in [0.717, 1.165) is 17.2 Å². The largest absolute Gasteiger partial charge is 0.363 e. The van der Waals surface area contributed by atoms with E-state index in [2.05, 4.69) is 32.7 Å². The molecule has 0 aliphatic rings. The van der Waals surface area contributed by atoms with Gasteiger partial charge in [-0.2, -0.15) is 5.10 Å². The summed E-state index contributed by atoms with van der Waals surface area (Å²) in [5, 5.41) is 18.0. The van der Waals surface area contributed by atoms with Crippen LogP contribution >= 0.6 is 0 Å². The monoisotopic (exact) mass is 206 g/mol. The summed E-state index contributed by atoms with van der Waals surface area (Å²) in [6.45, 7) is 4.74. The van der Waals surface area contributed by atoms with Crippen LogP contribution in [0.4, 0.5) is 5.82 Å². The van der Waals surface area contributed by atoms with Gasteiger partial charge in [0.15, 0.2) is 0 Å². The lowest BCUT2D eigenvalue weighted by molar-refractivity contribution is 0.716. The van der Waals surface area contributed by atoms with Crippen LogP contribution in [0.25, 0.3) is 0 Å². The molecule has 0 saturated heterocycles. The second-order valence-electron chi connectivity index (χ2n) is 3.52. The maximum absolute atomic E-state index is 4.21. The van der Waals surface area contributed by atoms with Gasteiger partial charge in [-0.25, -0.2) is 4.68 Å². The van der Waals surface area contributed by atoms with Gasteiger partial charge in [-0.1, -0.05) is 5.21 Å². The maximum atomic E-state index is 4.21. The molecule has 80 valence electrons. The quantitative estimate of drug-likeness (QED) is 0.778. The maximum Gasteiger partial charge on any atom is 0.144 e. The summed E-state index contributed by atoms with van der Waals surface area (Å²) in [5.74, 6) is 0.884. The van der Waals surface area contributed by atoms with Crippen molar-refractivity contribution in [3.8, 4) is 0 Å². The highest BCUT2D eigenvalue weighted by Crippen LogP contribution is 2.10. The van der Waals surface area contributed by atoms with Gasteiger partial charge in [-0.3, -0.25) is 5.10 Å². The molecule has 6 nitrogen and oxygen atoms in total. The summed E-state index contributed by atoms with van der Waals surface area (Å²) in [7, 11) is 1.85. The van der Waals surface area contributed by atoms with Crippen molar-refractivity contribution in [3.05, 3.63) is 23.1 Å². The summed E-state index contributed by atoms with van der Waals surface area (Å²) in [6.07, 6.45) is 1.69. The van der Waals surface area contributed by atoms with E-state index in [1.54, 1.807) is 10.9 Å². The van der Waals surface area contributed by atoms with Gasteiger partial charge < -0.3 is 5.32 Å². The lowest BCUT2D eigenvalue weighted by Gasteiger charge is -2.03. The molecule has 6 heteroatoms. The number of nitrogens with zero attached hydrogens (tertiary/aromatic N) is 4. The zero-order valence-electron chi connectivity index (χ0n) is 9.07. The Kier molecular flexibility index (Phi) is 2.40. The summed E-state index contributed by atoms with van der Waals surface area (Å²) in [4.78, 5) is 0. The first-order valence-electron chi connectivity index (χ1n) is 4.77. The summed E-state index contributed by atoms with van der Waals surface area (Å²) >= 11 is 0. The Morgan fingerprint density at radius 1 is 1.47 bits per heavy atom. The SMILES string of the molecule is Cc1[nH]nc(CNc2cnnn2C)c1C. The Balaban J connectivity index is 2.05. The Morgan fingerprint density at radius 3 is 2.80 bits per heavy atom. The van der Waals surface area contributed by atoms with Crippen LogP contribution in [0.5, 0.6) is 0 Å². The lowest BCUT2D eigenvalue weighted by Crippen LogP contribution is -2.05. The first-order chi connectivity index (χ1) is 7.18. The number of aromatic nitrogens is 5. The van der Waals surface area contributed by atoms with E-state index < -0.39 is 0 Å². The second kappa shape index (κ2) is 3.72. The van der Waals surface area contributed by atoms with Crippen LogP contribution in [0, 0.1) is 13.8 Å². The minimum atomic E-state index is 0.678. The molecule has 0 aliphatic heterocycles. The number of hydrogen-bond donors (Lipinski definition) is 2. The Morgan fingerprint density at radius 2 is 2.27 bits per heavy atom. The number of hydrogen-bond acceptors (Lipinski definition) is 4. The molecule has 2 heterocycles. The highest BCUT2D eigenvalue weighted by Gasteiger charge is 2.06. The van der Waals surface area contributed by atoms with Crippen molar-refractivity contribution in [3.63, 3.8) is 0 Å². The zero-order chi connectivity index (χ0) is 10.8. The highest BCUT2D eigenvalue weighted by molar-refractivity contribution is 5.33. The minimum absolute atomic E-state index is 0.678. The molecule has 0 aromatic carbocycles. The third-order valence-corrected chi connectivity index (χ3v) is 2.51. The molecule has 0 spiro atoms. The predicted molar refractivity (Wildman–Crippen MR) is 56.4 cm³/mol. The summed E-state index contributed by atoms with van der Waals surface area (Å²) in [5.41, 5.74) is 3.32. The molecule has 0 amide bonds. The van der Waals surface area contributed by atoms with Crippen LogP contribution in [0.1, 0.15) is 17.0 Å². The number of nitrogens with one attached hydrogen (secondary N) is 2. The predicted octanol–water partition coefficient (Wildman–Crippen LogP) is 0.767. The molecule has 0 unspecified atom stereocenters. The molecule has 0 fully saturated rings. The average molecular weight is 206 g/mol. The lowest BCUT2D eigenvalue weighted by atomic mass is 10.2. The van der Waals surface area contributed by atoms with Crippen LogP contribution in [0.15, 0.2) is 6.20 Å². The minimum Gasteiger partial charge on any atom is -0.363 e. The molecule has 0 saturated carbocycles. The third-order valence-electron chi connectivity index (χ3n) is 2.51. The van der Waals surface area contributed by atoms with E-state index in [9.17, 15) is 0 Å². The van der Waals surface area contributed by atoms with Crippen molar-refractivity contribution in [2.24, 2.45) is 7.05 Å². The molecule has 0 atom stereocenters. The third kappa shape index (κ3) is 1.83. The molecule has 0 bridgehead atoms. The number of aryl methyl sites for hydroxylation is 2. The van der Waals surface area contributed by atoms with Crippen molar-refractivity contribution < 1.29 is 0 Å². The van der Waals surface area contributed by atoms with Gasteiger partial charge >= 0.3 is 0 Å². The average Bonchev–Trinajstić information content (AvgIpc) is 2.74. The van der Waals surface area contributed by atoms with Gasteiger partial charge in [0.25, 0.3) is 0 Å². The summed E-state index contributed by atoms with van der Waals surface area (Å²) < 4.78 is 1.69. The molecule has 0 aliphatic carbocycles. The fourth-order valence-electron chi connectivity index (χ4n) is 1.33. The number of aromatic amines is 1. The van der Waals surface area contributed by atoms with Gasteiger partial charge in [-0.15, -0.1) is 5.10 Å². The summed E-state index contributed by atoms with van der Waals surface area (Å²) in [6, 6.07) is 0. The van der Waals surface area contributed by atoms with Crippen molar-refractivity contribution >= 4 is 5.82 Å². The fraction of sp³-hybridized carbons (Fsp3) is 0.444. The Labute approximate surface area is 87.7 Å². The molecular weight excluding hydrogens is 192 g/mol. The van der Waals surface area contributed by atoms with Crippen LogP contribution < -0.4 is 5.32 Å². The molecule has 2 aromatic heterocycles. The normalized spacial score (nSPS) is 10.6. The van der Waals surface area contributed by atoms with E-state index in [0.29, 0.717) is 6.54 Å². The Bertz CT molecular complexity index is 455. The molecule has 15 heavy (non-hydrogen) atoms. The van der Waals surface area contributed by atoms with E-state index >= 15 is 0 Å². The zero-order valence-corrected chi connectivity index (χ0v) is 9.07. The van der Waals surface area contributed by atoms with Crippen molar-refractivity contribution in [1.29, 1.82) is 0 Å². The van der Waals surface area contributed by atoms with Crippen molar-refractivity contribution in [2.45, 2.75) is 20.4 Å². The molecular formula is C9H14N6. The van der Waals surface area contributed by atoms with Gasteiger partial charge in [0, 0.05) is 12.7 Å². The van der Waals surface area contributed by atoms with Crippen LogP contribution in [0.3, 0.4) is 0 Å². The smallest absolute Gasteiger partial charge is 0.144 e. The molecule has 2 rings (SSSR count). The molecule has 2 N–H and O–H groups in total. The first-order valence-corrected chi connectivity index (χ1v) is 4.77. The standard InChI is InChI=1S/C9H14N6/c1-6-7(2)12-13-8(6)4-10-9-5-11-14-15(9)3/h5,10H,4H2,1-3H3,(H,12,13). The van der Waals surface area contributed by atoms with Gasteiger partial charge in [0.05, 0.1) is 18.4 Å². The fourth-order valence-corrected chi connectivity index (χ4v) is 1.33. The van der Waals surface area contributed by atoms with Crippen molar-refractivity contribution in [2.75, 3.05) is 5.32 Å². The van der Waals surface area contributed by atoms with Crippen LogP contribution in [0.2, 0.25) is 0 Å². The van der Waals surface area contributed by atoms with E-state index in [-0.39, 0.29) is 0 Å². The van der Waals surface area contributed by atoms with E-state index in [4.69, 9.17) is 0 Å². The number of rotatable bonds is 3. The van der Waals surface area contributed by atoms with Gasteiger partial charge in [0.2, 0.25) is 0 Å². The number of H-pyrrole nitrogens is 1. The van der Waals surface area contributed by atoms with Crippen LogP contribution in [-0.2, 0) is 13.6 Å². The van der Waals surface area contributed by atoms with Gasteiger partial charge in [0.1, 0.15) is 5.82 Å². The number of anilines is 1. The van der Waals surface area contributed by atoms with E-state index in [1.165, 1.54) is 5.56 Å². The second-order valence-corrected chi connectivity index (χ2v) is 3.52. The van der Waals surface area contributed by atoms with Gasteiger partial charge in [-0.05, 0) is 19.4 Å². The van der Waals surface area contributed by atoms with E-state index in [1.807, 2.05) is 14.0 Å².